The highest BCUT2D eigenvalue weighted by Crippen LogP contribution is 2.24. The van der Waals surface area contributed by atoms with Crippen LogP contribution in [0.5, 0.6) is 0 Å². The first-order chi connectivity index (χ1) is 21.3. The first-order valence-electron chi connectivity index (χ1n) is 15.1. The number of hydrogen-bond acceptors (Lipinski definition) is 8. The van der Waals surface area contributed by atoms with Gasteiger partial charge < -0.3 is 34.3 Å². The van der Waals surface area contributed by atoms with Gasteiger partial charge in [-0.25, -0.2) is 0 Å². The molecule has 4 rings (SSSR count). The van der Waals surface area contributed by atoms with Gasteiger partial charge in [0, 0.05) is 44.0 Å². The van der Waals surface area contributed by atoms with Crippen molar-refractivity contribution in [3.8, 4) is 11.8 Å². The smallest absolute Gasteiger partial charge is 0.254 e. The van der Waals surface area contributed by atoms with E-state index < -0.39 is 35.5 Å². The molecule has 0 aliphatic carbocycles. The number of aliphatic hydroxyl groups excluding tert-OH is 1. The molecule has 10 nitrogen and oxygen atoms in total. The summed E-state index contributed by atoms with van der Waals surface area (Å²) in [7, 11) is 2.85. The molecule has 0 aromatic heterocycles. The molecule has 236 valence electrons. The summed E-state index contributed by atoms with van der Waals surface area (Å²) in [6, 6.07) is 14.1. The second-order valence-corrected chi connectivity index (χ2v) is 11.1. The lowest BCUT2D eigenvalue weighted by atomic mass is 9.92. The summed E-state index contributed by atoms with van der Waals surface area (Å²) in [5.74, 6) is 4.54. The number of rotatable bonds is 11. The first-order valence-corrected chi connectivity index (χ1v) is 15.1. The van der Waals surface area contributed by atoms with Crippen LogP contribution in [0.25, 0.3) is 0 Å². The Kier molecular flexibility index (Phi) is 12.1. The maximum absolute atomic E-state index is 13.4. The Hall–Kier alpha value is -3.59. The second-order valence-electron chi connectivity index (χ2n) is 11.1. The van der Waals surface area contributed by atoms with Crippen LogP contribution in [0, 0.1) is 11.8 Å². The first kappa shape index (κ1) is 33.3. The van der Waals surface area contributed by atoms with Crippen molar-refractivity contribution in [2.45, 2.75) is 69.7 Å². The lowest BCUT2D eigenvalue weighted by Crippen LogP contribution is -2.62. The van der Waals surface area contributed by atoms with Gasteiger partial charge in [-0.05, 0) is 87.4 Å². The fraction of sp³-hybridized carbons (Fsp3) is 0.500. The van der Waals surface area contributed by atoms with Crippen LogP contribution < -0.4 is 5.32 Å². The molecule has 0 bridgehead atoms. The highest BCUT2D eigenvalue weighted by molar-refractivity contribution is 6.14. The van der Waals surface area contributed by atoms with Gasteiger partial charge in [0.05, 0.1) is 6.61 Å². The van der Waals surface area contributed by atoms with Gasteiger partial charge in [-0.15, -0.1) is 0 Å². The number of hydrogen-bond donors (Lipinski definition) is 2. The van der Waals surface area contributed by atoms with Gasteiger partial charge in [0.25, 0.3) is 11.8 Å². The molecule has 2 aromatic rings. The van der Waals surface area contributed by atoms with Crippen LogP contribution in [0.3, 0.4) is 0 Å². The van der Waals surface area contributed by atoms with Crippen molar-refractivity contribution < 1.29 is 38.4 Å². The molecule has 2 aromatic carbocycles. The van der Waals surface area contributed by atoms with E-state index in [2.05, 4.69) is 17.2 Å². The molecule has 10 heteroatoms. The average molecular weight is 607 g/mol. The van der Waals surface area contributed by atoms with Crippen molar-refractivity contribution in [2.75, 3.05) is 40.5 Å². The number of Topliss-reactive ketones (excluding diaryl/α,β-unsaturated/α-hetero) is 1. The van der Waals surface area contributed by atoms with Crippen LogP contribution in [-0.2, 0) is 28.5 Å². The predicted octanol–water partition coefficient (Wildman–Crippen LogP) is 3.35. The number of ether oxygens (including phenoxy) is 4. The quantitative estimate of drug-likeness (QED) is 0.295. The zero-order valence-electron chi connectivity index (χ0n) is 25.7. The van der Waals surface area contributed by atoms with Crippen LogP contribution in [0.2, 0.25) is 0 Å². The third-order valence-corrected chi connectivity index (χ3v) is 8.11. The Labute approximate surface area is 259 Å². The maximum atomic E-state index is 13.4. The third-order valence-electron chi connectivity index (χ3n) is 8.11. The van der Waals surface area contributed by atoms with E-state index in [1.807, 2.05) is 24.3 Å². The minimum absolute atomic E-state index is 0.148. The SMILES string of the molecule is CNC(=O)[C@@](C)(C(=O)COC1CCCCO1)N(C)C(=O)c1ccc(C#Cc2ccc([C@@H](CO)OC3CCCCO3)cc2)cc1. The molecule has 0 saturated carbocycles. The largest absolute Gasteiger partial charge is 0.393 e. The molecule has 2 heterocycles. The van der Waals surface area contributed by atoms with E-state index in [0.717, 1.165) is 48.1 Å². The number of benzene rings is 2. The Bertz CT molecular complexity index is 1320. The number of amides is 2. The van der Waals surface area contributed by atoms with E-state index in [9.17, 15) is 19.5 Å². The molecule has 2 unspecified atom stereocenters. The molecule has 2 aliphatic rings. The highest BCUT2D eigenvalue weighted by atomic mass is 16.7. The van der Waals surface area contributed by atoms with E-state index >= 15 is 0 Å². The number of carbonyl (C=O) groups excluding carboxylic acids is 3. The van der Waals surface area contributed by atoms with Crippen LogP contribution >= 0.6 is 0 Å². The number of nitrogens with one attached hydrogen (secondary N) is 1. The molecule has 2 N–H and O–H groups in total. The average Bonchev–Trinajstić information content (AvgIpc) is 3.08. The zero-order chi connectivity index (χ0) is 31.5. The molecule has 0 spiro atoms. The van der Waals surface area contributed by atoms with E-state index in [1.165, 1.54) is 21.0 Å². The maximum Gasteiger partial charge on any atom is 0.254 e. The van der Waals surface area contributed by atoms with Crippen molar-refractivity contribution in [2.24, 2.45) is 0 Å². The monoisotopic (exact) mass is 606 g/mol. The van der Waals surface area contributed by atoms with E-state index in [1.54, 1.807) is 24.3 Å². The number of nitrogens with zero attached hydrogens (tertiary/aromatic N) is 1. The van der Waals surface area contributed by atoms with Crippen LogP contribution in [-0.4, -0.2) is 86.2 Å². The Balaban J connectivity index is 1.39. The van der Waals surface area contributed by atoms with Gasteiger partial charge in [-0.1, -0.05) is 24.0 Å². The Morgan fingerprint density at radius 1 is 0.955 bits per heavy atom. The fourth-order valence-electron chi connectivity index (χ4n) is 5.11. The normalized spacial score (nSPS) is 20.4. The van der Waals surface area contributed by atoms with Gasteiger partial charge in [-0.2, -0.15) is 0 Å². The molecular formula is C34H42N2O8. The molecule has 2 aliphatic heterocycles. The summed E-state index contributed by atoms with van der Waals surface area (Å²) in [5, 5.41) is 12.3. The Morgan fingerprint density at radius 2 is 1.52 bits per heavy atom. The molecule has 2 amide bonds. The van der Waals surface area contributed by atoms with Gasteiger partial charge in [0.15, 0.2) is 23.9 Å². The summed E-state index contributed by atoms with van der Waals surface area (Å²) >= 11 is 0. The van der Waals surface area contributed by atoms with Gasteiger partial charge in [-0.3, -0.25) is 14.4 Å². The number of likely N-dealkylation sites (N-methyl/N-ethyl adjacent to an activating group) is 2. The van der Waals surface area contributed by atoms with Crippen molar-refractivity contribution in [3.05, 3.63) is 70.8 Å². The molecular weight excluding hydrogens is 564 g/mol. The highest BCUT2D eigenvalue weighted by Gasteiger charge is 2.46. The topological polar surface area (TPSA) is 124 Å². The predicted molar refractivity (Wildman–Crippen MR) is 162 cm³/mol. The third kappa shape index (κ3) is 8.31. The Morgan fingerprint density at radius 3 is 2.05 bits per heavy atom. The summed E-state index contributed by atoms with van der Waals surface area (Å²) in [6.07, 6.45) is 4.17. The van der Waals surface area contributed by atoms with Crippen LogP contribution in [0.4, 0.5) is 0 Å². The molecule has 4 atom stereocenters. The van der Waals surface area contributed by atoms with Crippen molar-refractivity contribution >= 4 is 17.6 Å². The minimum atomic E-state index is -1.78. The molecule has 2 fully saturated rings. The zero-order valence-corrected chi connectivity index (χ0v) is 25.7. The number of carbonyl (C=O) groups is 3. The van der Waals surface area contributed by atoms with Gasteiger partial charge in [0.2, 0.25) is 0 Å². The molecule has 2 saturated heterocycles. The number of aliphatic hydroxyl groups is 1. The molecule has 0 radical (unpaired) electrons. The lowest BCUT2D eigenvalue weighted by molar-refractivity contribution is -0.196. The summed E-state index contributed by atoms with van der Waals surface area (Å²) in [6.45, 7) is 2.15. The van der Waals surface area contributed by atoms with Gasteiger partial charge >= 0.3 is 0 Å². The summed E-state index contributed by atoms with van der Waals surface area (Å²) in [4.78, 5) is 40.7. The van der Waals surface area contributed by atoms with Crippen molar-refractivity contribution in [1.29, 1.82) is 0 Å². The minimum Gasteiger partial charge on any atom is -0.393 e. The molecule has 44 heavy (non-hydrogen) atoms. The van der Waals surface area contributed by atoms with E-state index in [0.29, 0.717) is 30.8 Å². The van der Waals surface area contributed by atoms with E-state index in [4.69, 9.17) is 18.9 Å². The van der Waals surface area contributed by atoms with E-state index in [-0.39, 0.29) is 19.5 Å². The van der Waals surface area contributed by atoms with Gasteiger partial charge in [0.1, 0.15) is 12.7 Å². The summed E-state index contributed by atoms with van der Waals surface area (Å²) in [5.41, 5.74) is 0.828. The lowest BCUT2D eigenvalue weighted by Gasteiger charge is -2.36. The standard InChI is InChI=1S/C34H42N2O8/c1-34(33(40)35-2,29(38)23-43-30-8-4-6-20-41-30)36(3)32(39)27-18-14-25(15-19-27)11-10-24-12-16-26(17-13-24)28(22-37)44-31-9-5-7-21-42-31/h12-19,28,30-31,37H,4-9,20-23H2,1-3H3,(H,35,40)/t28-,30?,31?,34-/m1/s1. The summed E-state index contributed by atoms with van der Waals surface area (Å²) < 4.78 is 22.7. The van der Waals surface area contributed by atoms with Crippen molar-refractivity contribution in [3.63, 3.8) is 0 Å². The van der Waals surface area contributed by atoms with Crippen LogP contribution in [0.1, 0.15) is 78.6 Å². The fourth-order valence-corrected chi connectivity index (χ4v) is 5.11. The number of ketones is 1. The van der Waals surface area contributed by atoms with Crippen LogP contribution in [0.15, 0.2) is 48.5 Å². The second kappa shape index (κ2) is 15.9. The van der Waals surface area contributed by atoms with Crippen molar-refractivity contribution in [1.82, 2.24) is 10.2 Å².